The van der Waals surface area contributed by atoms with Crippen LogP contribution in [0.15, 0.2) is 17.3 Å². The number of hydrogen-bond acceptors (Lipinski definition) is 3. The predicted octanol–water partition coefficient (Wildman–Crippen LogP) is 2.51. The second-order valence-electron chi connectivity index (χ2n) is 2.96. The van der Waals surface area contributed by atoms with Gasteiger partial charge in [0.1, 0.15) is 0 Å². The molecule has 3 heteroatoms. The number of hydrogen-bond donors (Lipinski definition) is 0. The summed E-state index contributed by atoms with van der Waals surface area (Å²) in [5.41, 5.74) is 0.671. The van der Waals surface area contributed by atoms with E-state index in [-0.39, 0.29) is 0 Å². The fourth-order valence-corrected chi connectivity index (χ4v) is 2.69. The summed E-state index contributed by atoms with van der Waals surface area (Å²) in [5.74, 6) is 1.24. The summed E-state index contributed by atoms with van der Waals surface area (Å²) >= 11 is 1.97. The monoisotopic (exact) mass is 183 g/mol. The highest BCUT2D eigenvalue weighted by molar-refractivity contribution is 7.99. The summed E-state index contributed by atoms with van der Waals surface area (Å²) in [5, 5.41) is 0.628. The van der Waals surface area contributed by atoms with Gasteiger partial charge in [0.25, 0.3) is 0 Å². The Morgan fingerprint density at radius 2 is 2.50 bits per heavy atom. The van der Waals surface area contributed by atoms with Crippen LogP contribution in [0.4, 0.5) is 0 Å². The van der Waals surface area contributed by atoms with Gasteiger partial charge in [0.05, 0.1) is 0 Å². The largest absolute Gasteiger partial charge is 0.240 e. The number of rotatable bonds is 3. The Hall–Kier alpha value is -0.530. The average molecular weight is 183 g/mol. The minimum Gasteiger partial charge on any atom is -0.211 e. The van der Waals surface area contributed by atoms with Crippen LogP contribution in [0.1, 0.15) is 25.7 Å². The van der Waals surface area contributed by atoms with Crippen LogP contribution in [-0.2, 0) is 4.79 Å². The Morgan fingerprint density at radius 3 is 3.08 bits per heavy atom. The third-order valence-electron chi connectivity index (χ3n) is 1.94. The lowest BCUT2D eigenvalue weighted by molar-refractivity contribution is 0.564. The molecule has 0 bridgehead atoms. The molecule has 0 saturated carbocycles. The van der Waals surface area contributed by atoms with Crippen molar-refractivity contribution < 1.29 is 4.79 Å². The third kappa shape index (κ3) is 3.24. The zero-order valence-electron chi connectivity index (χ0n) is 7.08. The molecule has 0 radical (unpaired) electrons. The van der Waals surface area contributed by atoms with Crippen LogP contribution < -0.4 is 0 Å². The third-order valence-corrected chi connectivity index (χ3v) is 3.34. The van der Waals surface area contributed by atoms with Crippen molar-refractivity contribution in [1.29, 1.82) is 0 Å². The molecule has 1 aliphatic rings. The van der Waals surface area contributed by atoms with E-state index in [1.54, 1.807) is 0 Å². The normalized spacial score (nSPS) is 22.8. The highest BCUT2D eigenvalue weighted by atomic mass is 32.2. The van der Waals surface area contributed by atoms with E-state index in [9.17, 15) is 4.79 Å². The quantitative estimate of drug-likeness (QED) is 0.497. The lowest BCUT2D eigenvalue weighted by atomic mass is 10.1. The van der Waals surface area contributed by atoms with Crippen molar-refractivity contribution in [3.8, 4) is 0 Å². The van der Waals surface area contributed by atoms with E-state index in [4.69, 9.17) is 0 Å². The van der Waals surface area contributed by atoms with Crippen molar-refractivity contribution in [1.82, 2.24) is 0 Å². The van der Waals surface area contributed by atoms with Crippen LogP contribution in [0, 0.1) is 0 Å². The molecule has 1 heterocycles. The van der Waals surface area contributed by atoms with E-state index in [1.165, 1.54) is 31.1 Å². The number of isocyanates is 1. The standard InChI is InChI=1S/C9H13NOS/c1-8(10-7-11)6-9-4-2-3-5-12-9/h9H,1-6H2. The molecule has 0 N–H and O–H groups in total. The Morgan fingerprint density at radius 1 is 1.67 bits per heavy atom. The van der Waals surface area contributed by atoms with Gasteiger partial charge < -0.3 is 0 Å². The van der Waals surface area contributed by atoms with Gasteiger partial charge >= 0.3 is 0 Å². The Kier molecular flexibility index (Phi) is 4.12. The molecule has 1 rings (SSSR count). The molecule has 12 heavy (non-hydrogen) atoms. The van der Waals surface area contributed by atoms with Crippen molar-refractivity contribution >= 4 is 17.8 Å². The molecule has 0 aliphatic carbocycles. The van der Waals surface area contributed by atoms with E-state index in [0.29, 0.717) is 10.9 Å². The van der Waals surface area contributed by atoms with Gasteiger partial charge in [-0.05, 0) is 18.6 Å². The predicted molar refractivity (Wildman–Crippen MR) is 52.0 cm³/mol. The maximum absolute atomic E-state index is 9.90. The van der Waals surface area contributed by atoms with Gasteiger partial charge in [-0.15, -0.1) is 0 Å². The molecular formula is C9H13NOS. The highest BCUT2D eigenvalue weighted by Crippen LogP contribution is 2.29. The van der Waals surface area contributed by atoms with E-state index < -0.39 is 0 Å². The lowest BCUT2D eigenvalue weighted by Gasteiger charge is -2.20. The number of nitrogens with zero attached hydrogens (tertiary/aromatic N) is 1. The fourth-order valence-electron chi connectivity index (χ4n) is 1.34. The first kappa shape index (κ1) is 9.56. The Bertz CT molecular complexity index is 203. The molecule has 0 spiro atoms. The summed E-state index contributed by atoms with van der Waals surface area (Å²) in [6.45, 7) is 3.70. The number of carbonyl (C=O) groups excluding carboxylic acids is 1. The van der Waals surface area contributed by atoms with E-state index in [1.807, 2.05) is 11.8 Å². The minimum absolute atomic E-state index is 0.628. The maximum Gasteiger partial charge on any atom is 0.240 e. The summed E-state index contributed by atoms with van der Waals surface area (Å²) in [6, 6.07) is 0. The van der Waals surface area contributed by atoms with Gasteiger partial charge in [-0.2, -0.15) is 16.8 Å². The van der Waals surface area contributed by atoms with Crippen LogP contribution >= 0.6 is 11.8 Å². The SMILES string of the molecule is C=C(CC1CCCCS1)N=C=O. The van der Waals surface area contributed by atoms with Crippen molar-refractivity contribution in [2.45, 2.75) is 30.9 Å². The molecule has 0 aromatic carbocycles. The average Bonchev–Trinajstić information content (AvgIpc) is 2.06. The minimum atomic E-state index is 0.628. The van der Waals surface area contributed by atoms with Gasteiger partial charge in [0.15, 0.2) is 0 Å². The van der Waals surface area contributed by atoms with Gasteiger partial charge in [0, 0.05) is 17.4 Å². The highest BCUT2D eigenvalue weighted by Gasteiger charge is 2.14. The molecule has 66 valence electrons. The van der Waals surface area contributed by atoms with Crippen molar-refractivity contribution in [3.63, 3.8) is 0 Å². The van der Waals surface area contributed by atoms with Crippen LogP contribution in [0.25, 0.3) is 0 Å². The van der Waals surface area contributed by atoms with Gasteiger partial charge in [-0.3, -0.25) is 0 Å². The lowest BCUT2D eigenvalue weighted by Crippen LogP contribution is -2.09. The molecule has 1 saturated heterocycles. The van der Waals surface area contributed by atoms with Gasteiger partial charge in [-0.1, -0.05) is 13.0 Å². The summed E-state index contributed by atoms with van der Waals surface area (Å²) < 4.78 is 0. The number of thioether (sulfide) groups is 1. The summed E-state index contributed by atoms with van der Waals surface area (Å²) in [4.78, 5) is 13.4. The van der Waals surface area contributed by atoms with Gasteiger partial charge in [-0.25, -0.2) is 4.79 Å². The molecule has 1 unspecified atom stereocenters. The Balaban J connectivity index is 2.29. The maximum atomic E-state index is 9.90. The molecule has 1 aliphatic heterocycles. The van der Waals surface area contributed by atoms with Crippen molar-refractivity contribution in [2.75, 3.05) is 5.75 Å². The zero-order chi connectivity index (χ0) is 8.81. The topological polar surface area (TPSA) is 29.4 Å². The molecular weight excluding hydrogens is 170 g/mol. The first-order chi connectivity index (χ1) is 5.83. The smallest absolute Gasteiger partial charge is 0.211 e. The first-order valence-corrected chi connectivity index (χ1v) is 5.25. The Labute approximate surface area is 77.1 Å². The second-order valence-corrected chi connectivity index (χ2v) is 4.37. The van der Waals surface area contributed by atoms with Crippen LogP contribution in [-0.4, -0.2) is 17.1 Å². The second kappa shape index (κ2) is 5.18. The van der Waals surface area contributed by atoms with Gasteiger partial charge in [0.2, 0.25) is 6.08 Å². The first-order valence-electron chi connectivity index (χ1n) is 4.20. The van der Waals surface area contributed by atoms with Crippen molar-refractivity contribution in [2.24, 2.45) is 4.99 Å². The van der Waals surface area contributed by atoms with Crippen LogP contribution in [0.2, 0.25) is 0 Å². The van der Waals surface area contributed by atoms with Crippen LogP contribution in [0.5, 0.6) is 0 Å². The fraction of sp³-hybridized carbons (Fsp3) is 0.667. The van der Waals surface area contributed by atoms with Crippen LogP contribution in [0.3, 0.4) is 0 Å². The molecule has 0 amide bonds. The molecule has 2 nitrogen and oxygen atoms in total. The summed E-state index contributed by atoms with van der Waals surface area (Å²) in [7, 11) is 0. The molecule has 1 atom stereocenters. The van der Waals surface area contributed by atoms with E-state index in [2.05, 4.69) is 11.6 Å². The van der Waals surface area contributed by atoms with E-state index in [0.717, 1.165) is 6.42 Å². The number of aliphatic imine (C=N–C) groups is 1. The molecule has 0 aromatic heterocycles. The molecule has 0 aromatic rings. The van der Waals surface area contributed by atoms with Crippen molar-refractivity contribution in [3.05, 3.63) is 12.3 Å². The number of allylic oxidation sites excluding steroid dienone is 1. The molecule has 1 fully saturated rings. The van der Waals surface area contributed by atoms with E-state index >= 15 is 0 Å². The summed E-state index contributed by atoms with van der Waals surface area (Å²) in [6.07, 6.45) is 6.23. The zero-order valence-corrected chi connectivity index (χ0v) is 7.90.